The summed E-state index contributed by atoms with van der Waals surface area (Å²) in [5.41, 5.74) is 6.24. The van der Waals surface area contributed by atoms with E-state index in [0.717, 1.165) is 6.42 Å². The van der Waals surface area contributed by atoms with E-state index >= 15 is 0 Å². The van der Waals surface area contributed by atoms with Crippen LogP contribution in [0.2, 0.25) is 0 Å². The van der Waals surface area contributed by atoms with E-state index < -0.39 is 0 Å². The lowest BCUT2D eigenvalue weighted by molar-refractivity contribution is 0.291. The van der Waals surface area contributed by atoms with Crippen LogP contribution >= 0.6 is 0 Å². The lowest BCUT2D eigenvalue weighted by atomic mass is 10.1. The Bertz CT molecular complexity index is 380. The summed E-state index contributed by atoms with van der Waals surface area (Å²) in [6.45, 7) is 2.91. The van der Waals surface area contributed by atoms with Crippen LogP contribution in [0.4, 0.5) is 4.39 Å². The van der Waals surface area contributed by atoms with Gasteiger partial charge in [0.15, 0.2) is 17.3 Å². The highest BCUT2D eigenvalue weighted by Gasteiger charge is 2.18. The summed E-state index contributed by atoms with van der Waals surface area (Å²) in [5.74, 6) is 0.385. The minimum Gasteiger partial charge on any atom is -0.489 e. The molecule has 1 aromatic carbocycles. The van der Waals surface area contributed by atoms with Gasteiger partial charge in [-0.05, 0) is 25.0 Å². The molecule has 3 nitrogen and oxygen atoms in total. The smallest absolute Gasteiger partial charge is 0.197 e. The molecular formula is C12H16FNO2. The van der Waals surface area contributed by atoms with Crippen LogP contribution in [0.3, 0.4) is 0 Å². The van der Waals surface area contributed by atoms with Crippen molar-refractivity contribution in [1.29, 1.82) is 0 Å². The lowest BCUT2D eigenvalue weighted by Crippen LogP contribution is -2.18. The normalized spacial score (nSPS) is 16.7. The number of nitrogens with two attached hydrogens (primary N) is 1. The third-order valence-corrected chi connectivity index (χ3v) is 2.48. The van der Waals surface area contributed by atoms with Crippen molar-refractivity contribution in [3.63, 3.8) is 0 Å². The molecule has 0 aliphatic carbocycles. The van der Waals surface area contributed by atoms with Crippen LogP contribution in [-0.4, -0.2) is 19.3 Å². The first kappa shape index (κ1) is 11.2. The minimum atomic E-state index is -0.336. The molecule has 0 spiro atoms. The van der Waals surface area contributed by atoms with E-state index in [1.165, 1.54) is 0 Å². The highest BCUT2D eigenvalue weighted by molar-refractivity contribution is 5.45. The first-order valence-corrected chi connectivity index (χ1v) is 5.51. The summed E-state index contributed by atoms with van der Waals surface area (Å²) in [5, 5.41) is 0. The number of rotatable bonds is 2. The molecular weight excluding hydrogens is 209 g/mol. The van der Waals surface area contributed by atoms with Crippen molar-refractivity contribution < 1.29 is 13.9 Å². The Kier molecular flexibility index (Phi) is 3.29. The molecule has 1 aromatic rings. The van der Waals surface area contributed by atoms with Gasteiger partial charge in [-0.1, -0.05) is 6.07 Å². The molecule has 0 saturated heterocycles. The molecule has 1 aliphatic heterocycles. The maximum absolute atomic E-state index is 14.0. The van der Waals surface area contributed by atoms with Crippen LogP contribution in [0.1, 0.15) is 18.9 Å². The largest absolute Gasteiger partial charge is 0.489 e. The first-order chi connectivity index (χ1) is 7.68. The van der Waals surface area contributed by atoms with Crippen LogP contribution in [0, 0.1) is 5.82 Å². The van der Waals surface area contributed by atoms with Crippen molar-refractivity contribution >= 4 is 0 Å². The molecule has 0 radical (unpaired) electrons. The molecule has 88 valence electrons. The topological polar surface area (TPSA) is 44.5 Å². The van der Waals surface area contributed by atoms with Gasteiger partial charge in [-0.15, -0.1) is 0 Å². The minimum absolute atomic E-state index is 0.0701. The van der Waals surface area contributed by atoms with Crippen LogP contribution in [-0.2, 0) is 6.42 Å². The fourth-order valence-corrected chi connectivity index (χ4v) is 1.75. The van der Waals surface area contributed by atoms with Gasteiger partial charge in [-0.3, -0.25) is 0 Å². The lowest BCUT2D eigenvalue weighted by Gasteiger charge is -2.12. The highest BCUT2D eigenvalue weighted by Crippen LogP contribution is 2.34. The SMILES string of the molecule is CC(N)Cc1ccc2c(c1F)OCCCO2. The van der Waals surface area contributed by atoms with E-state index in [9.17, 15) is 4.39 Å². The van der Waals surface area contributed by atoms with E-state index in [1.807, 2.05) is 6.92 Å². The number of hydrogen-bond acceptors (Lipinski definition) is 3. The molecule has 1 atom stereocenters. The first-order valence-electron chi connectivity index (χ1n) is 5.51. The van der Waals surface area contributed by atoms with Gasteiger partial charge in [-0.25, -0.2) is 4.39 Å². The van der Waals surface area contributed by atoms with Crippen LogP contribution < -0.4 is 15.2 Å². The molecule has 0 amide bonds. The van der Waals surface area contributed by atoms with Gasteiger partial charge in [0.05, 0.1) is 13.2 Å². The van der Waals surface area contributed by atoms with Crippen molar-refractivity contribution in [3.05, 3.63) is 23.5 Å². The second kappa shape index (κ2) is 4.70. The van der Waals surface area contributed by atoms with Gasteiger partial charge in [0.25, 0.3) is 0 Å². The van der Waals surface area contributed by atoms with E-state index in [-0.39, 0.29) is 17.6 Å². The van der Waals surface area contributed by atoms with Crippen molar-refractivity contribution in [3.8, 4) is 11.5 Å². The Labute approximate surface area is 94.3 Å². The second-order valence-electron chi connectivity index (χ2n) is 4.10. The number of fused-ring (bicyclic) bond motifs is 1. The van der Waals surface area contributed by atoms with Gasteiger partial charge >= 0.3 is 0 Å². The highest BCUT2D eigenvalue weighted by atomic mass is 19.1. The maximum Gasteiger partial charge on any atom is 0.197 e. The standard InChI is InChI=1S/C12H16FNO2/c1-8(14)7-9-3-4-10-12(11(9)13)16-6-2-5-15-10/h3-4,8H,2,5-7,14H2,1H3. The number of benzene rings is 1. The molecule has 0 aromatic heterocycles. The molecule has 0 bridgehead atoms. The summed E-state index contributed by atoms with van der Waals surface area (Å²) in [4.78, 5) is 0. The molecule has 0 fully saturated rings. The molecule has 2 rings (SSSR count). The fraction of sp³-hybridized carbons (Fsp3) is 0.500. The van der Waals surface area contributed by atoms with E-state index in [0.29, 0.717) is 30.9 Å². The molecule has 16 heavy (non-hydrogen) atoms. The predicted molar refractivity (Wildman–Crippen MR) is 59.4 cm³/mol. The Hall–Kier alpha value is -1.29. The van der Waals surface area contributed by atoms with Crippen molar-refractivity contribution in [2.45, 2.75) is 25.8 Å². The number of hydrogen-bond donors (Lipinski definition) is 1. The van der Waals surface area contributed by atoms with Gasteiger partial charge < -0.3 is 15.2 Å². The van der Waals surface area contributed by atoms with Gasteiger partial charge in [0, 0.05) is 12.5 Å². The third kappa shape index (κ3) is 2.27. The van der Waals surface area contributed by atoms with Crippen LogP contribution in [0.5, 0.6) is 11.5 Å². The summed E-state index contributed by atoms with van der Waals surface area (Å²) < 4.78 is 24.8. The molecule has 1 unspecified atom stereocenters. The zero-order valence-corrected chi connectivity index (χ0v) is 9.33. The van der Waals surface area contributed by atoms with Gasteiger partial charge in [0.2, 0.25) is 0 Å². The predicted octanol–water partition coefficient (Wildman–Crippen LogP) is 1.88. The van der Waals surface area contributed by atoms with Crippen molar-refractivity contribution in [1.82, 2.24) is 0 Å². The summed E-state index contributed by atoms with van der Waals surface area (Å²) >= 11 is 0. The zero-order valence-electron chi connectivity index (χ0n) is 9.33. The number of ether oxygens (including phenoxy) is 2. The van der Waals surface area contributed by atoms with Gasteiger partial charge in [0.1, 0.15) is 0 Å². The van der Waals surface area contributed by atoms with Crippen molar-refractivity contribution in [2.75, 3.05) is 13.2 Å². The van der Waals surface area contributed by atoms with E-state index in [4.69, 9.17) is 15.2 Å². The summed E-state index contributed by atoms with van der Waals surface area (Å²) in [7, 11) is 0. The fourth-order valence-electron chi connectivity index (χ4n) is 1.75. The van der Waals surface area contributed by atoms with Crippen molar-refractivity contribution in [2.24, 2.45) is 5.73 Å². The van der Waals surface area contributed by atoms with E-state index in [2.05, 4.69) is 0 Å². The van der Waals surface area contributed by atoms with Crippen LogP contribution in [0.15, 0.2) is 12.1 Å². The van der Waals surface area contributed by atoms with Crippen LogP contribution in [0.25, 0.3) is 0 Å². The second-order valence-corrected chi connectivity index (χ2v) is 4.10. The Morgan fingerprint density at radius 2 is 2.12 bits per heavy atom. The molecule has 2 N–H and O–H groups in total. The molecule has 1 aliphatic rings. The Balaban J connectivity index is 2.33. The summed E-state index contributed by atoms with van der Waals surface area (Å²) in [6, 6.07) is 3.40. The molecule has 1 heterocycles. The monoisotopic (exact) mass is 225 g/mol. The third-order valence-electron chi connectivity index (χ3n) is 2.48. The summed E-state index contributed by atoms with van der Waals surface area (Å²) in [6.07, 6.45) is 1.28. The Morgan fingerprint density at radius 1 is 1.38 bits per heavy atom. The Morgan fingerprint density at radius 3 is 2.88 bits per heavy atom. The number of halogens is 1. The maximum atomic E-state index is 14.0. The van der Waals surface area contributed by atoms with E-state index in [1.54, 1.807) is 12.1 Å². The quantitative estimate of drug-likeness (QED) is 0.835. The zero-order chi connectivity index (χ0) is 11.5. The molecule has 0 saturated carbocycles. The average molecular weight is 225 g/mol. The van der Waals surface area contributed by atoms with Gasteiger partial charge in [-0.2, -0.15) is 0 Å². The molecule has 4 heteroatoms. The average Bonchev–Trinajstić information content (AvgIpc) is 2.47.